The number of ether oxygens (including phenoxy) is 1. The van der Waals surface area contributed by atoms with Crippen LogP contribution in [0.1, 0.15) is 52.0 Å². The van der Waals surface area contributed by atoms with Crippen molar-refractivity contribution in [2.45, 2.75) is 53.0 Å². The second-order valence-electron chi connectivity index (χ2n) is 7.93. The summed E-state index contributed by atoms with van der Waals surface area (Å²) < 4.78 is 18.0. The van der Waals surface area contributed by atoms with Gasteiger partial charge in [-0.15, -0.1) is 0 Å². The minimum Gasteiger partial charge on any atom is -0.455 e. The average molecular weight is 349 g/mol. The zero-order valence-electron chi connectivity index (χ0n) is 15.3. The van der Waals surface area contributed by atoms with Gasteiger partial charge in [0.05, 0.1) is 5.92 Å². The molecule has 1 N–H and O–H groups in total. The van der Waals surface area contributed by atoms with Gasteiger partial charge in [-0.1, -0.05) is 32.9 Å². The number of benzene rings is 1. The van der Waals surface area contributed by atoms with Crippen molar-refractivity contribution in [3.8, 4) is 0 Å². The Kier molecular flexibility index (Phi) is 6.57. The fourth-order valence-corrected chi connectivity index (χ4v) is 3.30. The lowest BCUT2D eigenvalue weighted by molar-refractivity contribution is -0.154. The van der Waals surface area contributed by atoms with Crippen molar-refractivity contribution in [3.05, 3.63) is 35.6 Å². The zero-order valence-corrected chi connectivity index (χ0v) is 15.3. The lowest BCUT2D eigenvalue weighted by atomic mass is 9.70. The highest BCUT2D eigenvalue weighted by molar-refractivity contribution is 5.81. The first-order valence-corrected chi connectivity index (χ1v) is 8.93. The van der Waals surface area contributed by atoms with Crippen molar-refractivity contribution in [2.75, 3.05) is 6.61 Å². The fraction of sp³-hybridized carbons (Fsp3) is 0.600. The van der Waals surface area contributed by atoms with Crippen molar-refractivity contribution in [3.63, 3.8) is 0 Å². The van der Waals surface area contributed by atoms with Crippen LogP contribution in [0.5, 0.6) is 0 Å². The van der Waals surface area contributed by atoms with E-state index >= 15 is 0 Å². The van der Waals surface area contributed by atoms with Crippen molar-refractivity contribution >= 4 is 11.9 Å². The van der Waals surface area contributed by atoms with Crippen LogP contribution in [0.3, 0.4) is 0 Å². The Morgan fingerprint density at radius 2 is 1.72 bits per heavy atom. The third-order valence-corrected chi connectivity index (χ3v) is 5.03. The monoisotopic (exact) mass is 349 g/mol. The summed E-state index contributed by atoms with van der Waals surface area (Å²) in [5.41, 5.74) is 1.07. The summed E-state index contributed by atoms with van der Waals surface area (Å²) in [5.74, 6) is -0.394. The molecule has 1 aliphatic carbocycles. The Labute approximate surface area is 149 Å². The summed E-state index contributed by atoms with van der Waals surface area (Å²) in [7, 11) is 0. The maximum atomic E-state index is 12.8. The third-order valence-electron chi connectivity index (χ3n) is 5.03. The molecule has 4 nitrogen and oxygen atoms in total. The minimum absolute atomic E-state index is 0.0940. The number of halogens is 1. The van der Waals surface area contributed by atoms with Gasteiger partial charge in [-0.2, -0.15) is 0 Å². The van der Waals surface area contributed by atoms with Gasteiger partial charge in [-0.05, 0) is 54.7 Å². The van der Waals surface area contributed by atoms with E-state index in [9.17, 15) is 14.0 Å². The maximum Gasteiger partial charge on any atom is 0.309 e. The molecule has 25 heavy (non-hydrogen) atoms. The maximum absolute atomic E-state index is 12.8. The van der Waals surface area contributed by atoms with Gasteiger partial charge >= 0.3 is 5.97 Å². The molecule has 2 rings (SSSR count). The Morgan fingerprint density at radius 3 is 2.28 bits per heavy atom. The Balaban J connectivity index is 1.68. The van der Waals surface area contributed by atoms with Crippen LogP contribution in [0, 0.1) is 23.1 Å². The average Bonchev–Trinajstić information content (AvgIpc) is 2.58. The van der Waals surface area contributed by atoms with Crippen molar-refractivity contribution < 1.29 is 18.7 Å². The van der Waals surface area contributed by atoms with Crippen LogP contribution in [-0.2, 0) is 20.9 Å². The van der Waals surface area contributed by atoms with Gasteiger partial charge in [0.15, 0.2) is 6.61 Å². The van der Waals surface area contributed by atoms with Crippen LogP contribution >= 0.6 is 0 Å². The number of esters is 1. The highest BCUT2D eigenvalue weighted by Gasteiger charge is 2.33. The van der Waals surface area contributed by atoms with Gasteiger partial charge < -0.3 is 10.1 Å². The highest BCUT2D eigenvalue weighted by Crippen LogP contribution is 2.40. The SMILES string of the molecule is CC(C)(C)C1CCC(C(=O)OCC(=O)NCc2ccc(F)cc2)CC1. The quantitative estimate of drug-likeness (QED) is 0.822. The second-order valence-corrected chi connectivity index (χ2v) is 7.93. The predicted molar refractivity (Wildman–Crippen MR) is 94.1 cm³/mol. The molecule has 0 saturated heterocycles. The highest BCUT2D eigenvalue weighted by atomic mass is 19.1. The van der Waals surface area contributed by atoms with E-state index in [-0.39, 0.29) is 42.2 Å². The first kappa shape index (κ1) is 19.4. The van der Waals surface area contributed by atoms with E-state index in [4.69, 9.17) is 4.74 Å². The van der Waals surface area contributed by atoms with Crippen molar-refractivity contribution in [1.82, 2.24) is 5.32 Å². The smallest absolute Gasteiger partial charge is 0.309 e. The van der Waals surface area contributed by atoms with Crippen LogP contribution in [0.4, 0.5) is 4.39 Å². The summed E-state index contributed by atoms with van der Waals surface area (Å²) in [6.45, 7) is 6.73. The molecular formula is C20H28FNO3. The van der Waals surface area contributed by atoms with Gasteiger partial charge in [-0.25, -0.2) is 4.39 Å². The number of rotatable bonds is 5. The molecule has 1 saturated carbocycles. The molecule has 1 aliphatic rings. The molecule has 138 valence electrons. The van der Waals surface area contributed by atoms with E-state index in [1.165, 1.54) is 12.1 Å². The Hall–Kier alpha value is -1.91. The summed E-state index contributed by atoms with van der Waals surface area (Å²) in [5, 5.41) is 2.67. The number of amides is 1. The standard InChI is InChI=1S/C20H28FNO3/c1-20(2,3)16-8-6-15(7-9-16)19(24)25-13-18(23)22-12-14-4-10-17(21)11-5-14/h4-5,10-11,15-16H,6-9,12-13H2,1-3H3,(H,22,23). The molecule has 1 amide bonds. The van der Waals surface area contributed by atoms with Gasteiger partial charge in [0.1, 0.15) is 5.82 Å². The summed E-state index contributed by atoms with van der Waals surface area (Å²) >= 11 is 0. The summed E-state index contributed by atoms with van der Waals surface area (Å²) in [4.78, 5) is 23.9. The van der Waals surface area contributed by atoms with Crippen LogP contribution in [0.25, 0.3) is 0 Å². The first-order valence-electron chi connectivity index (χ1n) is 8.93. The number of nitrogens with one attached hydrogen (secondary N) is 1. The molecule has 0 aromatic heterocycles. The predicted octanol–water partition coefficient (Wildman–Crippen LogP) is 3.84. The van der Waals surface area contributed by atoms with Gasteiger partial charge in [0.25, 0.3) is 5.91 Å². The zero-order chi connectivity index (χ0) is 18.4. The molecule has 1 fully saturated rings. The number of hydrogen-bond donors (Lipinski definition) is 1. The van der Waals surface area contributed by atoms with E-state index in [1.54, 1.807) is 12.1 Å². The topological polar surface area (TPSA) is 55.4 Å². The van der Waals surface area contributed by atoms with E-state index < -0.39 is 0 Å². The second kappa shape index (κ2) is 8.45. The van der Waals surface area contributed by atoms with E-state index in [1.807, 2.05) is 0 Å². The van der Waals surface area contributed by atoms with Crippen molar-refractivity contribution in [1.29, 1.82) is 0 Å². The van der Waals surface area contributed by atoms with Gasteiger partial charge in [0.2, 0.25) is 0 Å². The molecule has 0 aliphatic heterocycles. The Bertz CT molecular complexity index is 584. The van der Waals surface area contributed by atoms with Gasteiger partial charge in [0, 0.05) is 6.54 Å². The lowest BCUT2D eigenvalue weighted by Crippen LogP contribution is -2.32. The van der Waals surface area contributed by atoms with Crippen LogP contribution in [0.2, 0.25) is 0 Å². The third kappa shape index (κ3) is 6.15. The number of carbonyl (C=O) groups is 2. The molecule has 1 aromatic rings. The first-order chi connectivity index (χ1) is 11.8. The summed E-state index contributed by atoms with van der Waals surface area (Å²) in [6.07, 6.45) is 3.72. The van der Waals surface area contributed by atoms with Crippen LogP contribution in [0.15, 0.2) is 24.3 Å². The minimum atomic E-state index is -0.346. The lowest BCUT2D eigenvalue weighted by Gasteiger charge is -2.36. The van der Waals surface area contributed by atoms with Crippen molar-refractivity contribution in [2.24, 2.45) is 17.3 Å². The molecule has 5 heteroatoms. The van der Waals surface area contributed by atoms with Crippen LogP contribution < -0.4 is 5.32 Å². The molecule has 0 bridgehead atoms. The largest absolute Gasteiger partial charge is 0.455 e. The van der Waals surface area contributed by atoms with E-state index in [2.05, 4.69) is 26.1 Å². The Morgan fingerprint density at radius 1 is 1.12 bits per heavy atom. The molecule has 0 unspecified atom stereocenters. The molecule has 1 aromatic carbocycles. The van der Waals surface area contributed by atoms with Gasteiger partial charge in [-0.3, -0.25) is 9.59 Å². The summed E-state index contributed by atoms with van der Waals surface area (Å²) in [6, 6.07) is 5.90. The van der Waals surface area contributed by atoms with E-state index in [0.717, 1.165) is 31.2 Å². The molecule has 0 heterocycles. The molecular weight excluding hydrogens is 321 g/mol. The molecule has 0 radical (unpaired) electrons. The molecule has 0 atom stereocenters. The molecule has 0 spiro atoms. The fourth-order valence-electron chi connectivity index (χ4n) is 3.30. The number of carbonyl (C=O) groups excluding carboxylic acids is 2. The van der Waals surface area contributed by atoms with Crippen LogP contribution in [-0.4, -0.2) is 18.5 Å². The van der Waals surface area contributed by atoms with E-state index in [0.29, 0.717) is 5.92 Å². The number of hydrogen-bond acceptors (Lipinski definition) is 3. The normalized spacial score (nSPS) is 20.8.